The molecule has 2 aromatic rings. The number of ether oxygens (including phenoxy) is 1. The third-order valence-electron chi connectivity index (χ3n) is 3.93. The molecule has 25 heavy (non-hydrogen) atoms. The Balaban J connectivity index is 2.18. The number of nitrogens with zero attached hydrogens (tertiary/aromatic N) is 1. The molecule has 2 aromatic carbocycles. The van der Waals surface area contributed by atoms with Crippen molar-refractivity contribution in [3.8, 4) is 5.75 Å². The molecule has 1 unspecified atom stereocenters. The molecule has 1 amide bonds. The maximum absolute atomic E-state index is 12.3. The maximum Gasteiger partial charge on any atom is 0.314 e. The summed E-state index contributed by atoms with van der Waals surface area (Å²) in [5.74, 6) is -1.54. The maximum atomic E-state index is 12.3. The molecule has 0 bridgehead atoms. The quantitative estimate of drug-likeness (QED) is 0.479. The first-order valence-corrected chi connectivity index (χ1v) is 8.20. The lowest BCUT2D eigenvalue weighted by atomic mass is 10.0. The lowest BCUT2D eigenvalue weighted by Crippen LogP contribution is -2.27. The summed E-state index contributed by atoms with van der Waals surface area (Å²) >= 11 is 0. The standard InChI is InChI=1S/C19H22N2O4/c1-4-15(19(24)25-5-2)12(3)20-21-18(23)16-10-13-8-6-7-9-14(13)11-17(16)22/h6-11,15,22H,4-5H2,1-3H3,(H,21,23). The number of carbonyl (C=O) groups is 2. The van der Waals surface area contributed by atoms with Gasteiger partial charge in [-0.3, -0.25) is 9.59 Å². The third-order valence-corrected chi connectivity index (χ3v) is 3.93. The molecule has 0 aliphatic rings. The Morgan fingerprint density at radius 2 is 1.84 bits per heavy atom. The molecule has 6 nitrogen and oxygen atoms in total. The van der Waals surface area contributed by atoms with Crippen LogP contribution in [-0.2, 0) is 9.53 Å². The van der Waals surface area contributed by atoms with E-state index in [0.29, 0.717) is 18.7 Å². The fourth-order valence-corrected chi connectivity index (χ4v) is 2.56. The Kier molecular flexibility index (Phi) is 6.11. The molecule has 0 heterocycles. The number of phenolic OH excluding ortho intramolecular Hbond substituents is 1. The van der Waals surface area contributed by atoms with Crippen molar-refractivity contribution in [3.63, 3.8) is 0 Å². The third kappa shape index (κ3) is 4.35. The summed E-state index contributed by atoms with van der Waals surface area (Å²) < 4.78 is 5.00. The van der Waals surface area contributed by atoms with E-state index >= 15 is 0 Å². The van der Waals surface area contributed by atoms with Crippen LogP contribution in [0.3, 0.4) is 0 Å². The largest absolute Gasteiger partial charge is 0.507 e. The van der Waals surface area contributed by atoms with Gasteiger partial charge in [-0.25, -0.2) is 5.43 Å². The Labute approximate surface area is 146 Å². The fourth-order valence-electron chi connectivity index (χ4n) is 2.56. The zero-order chi connectivity index (χ0) is 18.4. The molecule has 0 radical (unpaired) electrons. The monoisotopic (exact) mass is 342 g/mol. The molecule has 1 atom stereocenters. The van der Waals surface area contributed by atoms with Crippen LogP contribution in [-0.4, -0.2) is 29.3 Å². The second-order valence-electron chi connectivity index (χ2n) is 5.62. The predicted molar refractivity (Wildman–Crippen MR) is 96.6 cm³/mol. The van der Waals surface area contributed by atoms with Gasteiger partial charge < -0.3 is 9.84 Å². The smallest absolute Gasteiger partial charge is 0.314 e. The molecule has 2 rings (SSSR count). The number of amides is 1. The average molecular weight is 342 g/mol. The van der Waals surface area contributed by atoms with Gasteiger partial charge in [-0.05, 0) is 43.2 Å². The Morgan fingerprint density at radius 3 is 2.44 bits per heavy atom. The number of esters is 1. The van der Waals surface area contributed by atoms with Gasteiger partial charge in [0.05, 0.1) is 18.1 Å². The highest BCUT2D eigenvalue weighted by Crippen LogP contribution is 2.24. The molecule has 0 saturated carbocycles. The molecule has 0 aromatic heterocycles. The molecule has 0 aliphatic heterocycles. The number of hydrazone groups is 1. The molecule has 2 N–H and O–H groups in total. The first-order valence-electron chi connectivity index (χ1n) is 8.20. The van der Waals surface area contributed by atoms with E-state index in [-0.39, 0.29) is 17.3 Å². The van der Waals surface area contributed by atoms with Crippen molar-refractivity contribution in [1.82, 2.24) is 5.43 Å². The minimum Gasteiger partial charge on any atom is -0.507 e. The normalized spacial score (nSPS) is 12.7. The van der Waals surface area contributed by atoms with Gasteiger partial charge in [0.15, 0.2) is 0 Å². The van der Waals surface area contributed by atoms with Gasteiger partial charge in [0.2, 0.25) is 0 Å². The van der Waals surface area contributed by atoms with Crippen LogP contribution < -0.4 is 5.43 Å². The van der Waals surface area contributed by atoms with Gasteiger partial charge in [0, 0.05) is 5.71 Å². The number of fused-ring (bicyclic) bond motifs is 1. The highest BCUT2D eigenvalue weighted by molar-refractivity contribution is 6.04. The second-order valence-corrected chi connectivity index (χ2v) is 5.62. The van der Waals surface area contributed by atoms with E-state index in [1.54, 1.807) is 19.9 Å². The number of hydrogen-bond donors (Lipinski definition) is 2. The first-order chi connectivity index (χ1) is 12.0. The summed E-state index contributed by atoms with van der Waals surface area (Å²) in [7, 11) is 0. The number of rotatable bonds is 6. The number of aromatic hydroxyl groups is 1. The predicted octanol–water partition coefficient (Wildman–Crippen LogP) is 3.24. The number of nitrogens with one attached hydrogen (secondary N) is 1. The minimum atomic E-state index is -0.540. The van der Waals surface area contributed by atoms with Crippen LogP contribution in [0.5, 0.6) is 5.75 Å². The summed E-state index contributed by atoms with van der Waals surface area (Å²) in [5, 5.41) is 15.8. The van der Waals surface area contributed by atoms with Crippen LogP contribution in [0.2, 0.25) is 0 Å². The highest BCUT2D eigenvalue weighted by atomic mass is 16.5. The fraction of sp³-hybridized carbons (Fsp3) is 0.316. The molecule has 0 saturated heterocycles. The Hall–Kier alpha value is -2.89. The van der Waals surface area contributed by atoms with Crippen molar-refractivity contribution in [1.29, 1.82) is 0 Å². The van der Waals surface area contributed by atoms with Crippen molar-refractivity contribution >= 4 is 28.4 Å². The van der Waals surface area contributed by atoms with E-state index in [1.165, 1.54) is 6.07 Å². The van der Waals surface area contributed by atoms with Gasteiger partial charge in [0.25, 0.3) is 5.91 Å². The average Bonchev–Trinajstić information content (AvgIpc) is 2.60. The second kappa shape index (κ2) is 8.28. The minimum absolute atomic E-state index is 0.124. The van der Waals surface area contributed by atoms with E-state index in [0.717, 1.165) is 10.8 Å². The summed E-state index contributed by atoms with van der Waals surface area (Å²) in [4.78, 5) is 24.2. The van der Waals surface area contributed by atoms with Crippen molar-refractivity contribution in [2.75, 3.05) is 6.61 Å². The van der Waals surface area contributed by atoms with E-state index in [4.69, 9.17) is 4.74 Å². The van der Waals surface area contributed by atoms with Crippen LogP contribution in [0, 0.1) is 5.92 Å². The van der Waals surface area contributed by atoms with E-state index in [2.05, 4.69) is 10.5 Å². The van der Waals surface area contributed by atoms with Gasteiger partial charge in [0.1, 0.15) is 5.75 Å². The SMILES string of the molecule is CCOC(=O)C(CC)C(C)=NNC(=O)c1cc2ccccc2cc1O. The number of phenols is 1. The van der Waals surface area contributed by atoms with Crippen molar-refractivity contribution < 1.29 is 19.4 Å². The lowest BCUT2D eigenvalue weighted by Gasteiger charge is -2.13. The molecule has 6 heteroatoms. The molecule has 0 aliphatic carbocycles. The van der Waals surface area contributed by atoms with E-state index in [9.17, 15) is 14.7 Å². The Morgan fingerprint density at radius 1 is 1.20 bits per heavy atom. The summed E-state index contributed by atoms with van der Waals surface area (Å²) in [6.07, 6.45) is 0.519. The van der Waals surface area contributed by atoms with Crippen LogP contribution in [0.25, 0.3) is 10.8 Å². The lowest BCUT2D eigenvalue weighted by molar-refractivity contribution is -0.145. The van der Waals surface area contributed by atoms with Crippen molar-refractivity contribution in [3.05, 3.63) is 42.0 Å². The first kappa shape index (κ1) is 18.4. The summed E-state index contributed by atoms with van der Waals surface area (Å²) in [6.45, 7) is 5.53. The van der Waals surface area contributed by atoms with E-state index < -0.39 is 11.8 Å². The van der Waals surface area contributed by atoms with Crippen LogP contribution in [0.15, 0.2) is 41.5 Å². The topological polar surface area (TPSA) is 88.0 Å². The van der Waals surface area contributed by atoms with Gasteiger partial charge in [-0.1, -0.05) is 31.2 Å². The van der Waals surface area contributed by atoms with Crippen LogP contribution in [0.4, 0.5) is 0 Å². The summed E-state index contributed by atoms with van der Waals surface area (Å²) in [5.41, 5.74) is 2.98. The molecular formula is C19H22N2O4. The van der Waals surface area contributed by atoms with Crippen molar-refractivity contribution in [2.45, 2.75) is 27.2 Å². The molecule has 0 spiro atoms. The zero-order valence-corrected chi connectivity index (χ0v) is 14.6. The van der Waals surface area contributed by atoms with Crippen LogP contribution >= 0.6 is 0 Å². The molecular weight excluding hydrogens is 320 g/mol. The van der Waals surface area contributed by atoms with E-state index in [1.807, 2.05) is 31.2 Å². The number of benzene rings is 2. The van der Waals surface area contributed by atoms with Gasteiger partial charge >= 0.3 is 5.97 Å². The highest BCUT2D eigenvalue weighted by Gasteiger charge is 2.21. The number of hydrogen-bond acceptors (Lipinski definition) is 5. The molecule has 0 fully saturated rings. The van der Waals surface area contributed by atoms with Gasteiger partial charge in [-0.2, -0.15) is 5.10 Å². The number of carbonyl (C=O) groups excluding carboxylic acids is 2. The summed E-state index contributed by atoms with van der Waals surface area (Å²) in [6, 6.07) is 10.6. The van der Waals surface area contributed by atoms with Crippen LogP contribution in [0.1, 0.15) is 37.6 Å². The Bertz CT molecular complexity index is 814. The zero-order valence-electron chi connectivity index (χ0n) is 14.6. The molecule has 132 valence electrons. The van der Waals surface area contributed by atoms with Crippen molar-refractivity contribution in [2.24, 2.45) is 11.0 Å². The van der Waals surface area contributed by atoms with Gasteiger partial charge in [-0.15, -0.1) is 0 Å².